The molecule has 1 aliphatic heterocycles. The van der Waals surface area contributed by atoms with Crippen LogP contribution in [0.5, 0.6) is 0 Å². The molecule has 0 radical (unpaired) electrons. The van der Waals surface area contributed by atoms with Crippen LogP contribution in [0.2, 0.25) is 0 Å². The maximum Gasteiger partial charge on any atom is 0.220 e. The predicted molar refractivity (Wildman–Crippen MR) is 32.9 cm³/mol. The van der Waals surface area contributed by atoms with E-state index >= 15 is 0 Å². The van der Waals surface area contributed by atoms with Gasteiger partial charge in [-0.25, -0.2) is 0 Å². The number of nitrogens with one attached hydrogen (secondary N) is 1. The molecule has 0 aromatic rings. The molecule has 50 valence electrons. The summed E-state index contributed by atoms with van der Waals surface area (Å²) in [5.74, 6) is 0.0519. The van der Waals surface area contributed by atoms with Crippen molar-refractivity contribution in [1.29, 1.82) is 0 Å². The van der Waals surface area contributed by atoms with Crippen LogP contribution in [0, 0.1) is 0 Å². The van der Waals surface area contributed by atoms with Gasteiger partial charge in [-0.15, -0.1) is 0 Å². The van der Waals surface area contributed by atoms with Crippen LogP contribution < -0.4 is 5.32 Å². The summed E-state index contributed by atoms with van der Waals surface area (Å²) in [6, 6.07) is -0.197. The maximum atomic E-state index is 10.5. The Labute approximate surface area is 53.4 Å². The number of carbonyl (C=O) groups is 1. The van der Waals surface area contributed by atoms with Crippen LogP contribution in [0.25, 0.3) is 0 Å². The standard InChI is InChI=1S/C6H9NO2/c1-4(8)5-2-3-6(9)7-5/h5,8H,1-3H2,(H,7,9). The average molecular weight is 127 g/mol. The van der Waals surface area contributed by atoms with E-state index < -0.39 is 0 Å². The van der Waals surface area contributed by atoms with Crippen molar-refractivity contribution in [3.8, 4) is 0 Å². The molecule has 0 spiro atoms. The fraction of sp³-hybridized carbons (Fsp3) is 0.500. The van der Waals surface area contributed by atoms with Crippen LogP contribution in [0.1, 0.15) is 12.8 Å². The number of carbonyl (C=O) groups excluding carboxylic acids is 1. The van der Waals surface area contributed by atoms with Gasteiger partial charge in [0.1, 0.15) is 5.76 Å². The summed E-state index contributed by atoms with van der Waals surface area (Å²) in [7, 11) is 0. The third kappa shape index (κ3) is 1.22. The molecule has 1 aliphatic rings. The first-order valence-electron chi connectivity index (χ1n) is 2.87. The molecule has 1 amide bonds. The first-order valence-corrected chi connectivity index (χ1v) is 2.87. The minimum Gasteiger partial charge on any atom is -0.511 e. The Morgan fingerprint density at radius 1 is 1.89 bits per heavy atom. The molecule has 0 aromatic heterocycles. The third-order valence-corrected chi connectivity index (χ3v) is 1.40. The zero-order chi connectivity index (χ0) is 6.85. The second kappa shape index (κ2) is 2.09. The Morgan fingerprint density at radius 3 is 2.78 bits per heavy atom. The Hall–Kier alpha value is -0.990. The monoisotopic (exact) mass is 127 g/mol. The predicted octanol–water partition coefficient (Wildman–Crippen LogP) is 0.337. The zero-order valence-electron chi connectivity index (χ0n) is 5.05. The van der Waals surface area contributed by atoms with Gasteiger partial charge in [-0.2, -0.15) is 0 Å². The molecule has 0 saturated carbocycles. The van der Waals surface area contributed by atoms with Gasteiger partial charge in [0.15, 0.2) is 0 Å². The highest BCUT2D eigenvalue weighted by Gasteiger charge is 2.22. The van der Waals surface area contributed by atoms with Crippen molar-refractivity contribution in [2.75, 3.05) is 0 Å². The van der Waals surface area contributed by atoms with E-state index in [9.17, 15) is 4.79 Å². The van der Waals surface area contributed by atoms with Crippen LogP contribution >= 0.6 is 0 Å². The van der Waals surface area contributed by atoms with Gasteiger partial charge in [0, 0.05) is 6.42 Å². The van der Waals surface area contributed by atoms with E-state index in [2.05, 4.69) is 11.9 Å². The van der Waals surface area contributed by atoms with Gasteiger partial charge in [-0.05, 0) is 6.42 Å². The van der Waals surface area contributed by atoms with Crippen LogP contribution in [-0.2, 0) is 4.79 Å². The molecule has 3 nitrogen and oxygen atoms in total. The fourth-order valence-corrected chi connectivity index (χ4v) is 0.864. The van der Waals surface area contributed by atoms with Crippen molar-refractivity contribution in [1.82, 2.24) is 5.32 Å². The van der Waals surface area contributed by atoms with Gasteiger partial charge in [0.05, 0.1) is 6.04 Å². The quantitative estimate of drug-likeness (QED) is 0.499. The maximum absolute atomic E-state index is 10.5. The molecule has 1 heterocycles. The Balaban J connectivity index is 2.48. The number of hydrogen-bond acceptors (Lipinski definition) is 2. The lowest BCUT2D eigenvalue weighted by Crippen LogP contribution is -2.26. The van der Waals surface area contributed by atoms with E-state index in [1.807, 2.05) is 0 Å². The Bertz CT molecular complexity index is 153. The van der Waals surface area contributed by atoms with Crippen molar-refractivity contribution in [3.63, 3.8) is 0 Å². The summed E-state index contributed by atoms with van der Waals surface area (Å²) in [6.45, 7) is 3.31. The molecule has 2 N–H and O–H groups in total. The number of aliphatic hydroxyl groups is 1. The van der Waals surface area contributed by atoms with E-state index in [0.29, 0.717) is 12.8 Å². The van der Waals surface area contributed by atoms with Crippen molar-refractivity contribution in [2.45, 2.75) is 18.9 Å². The SMILES string of the molecule is C=C(O)C1CCC(=O)N1. The fourth-order valence-electron chi connectivity index (χ4n) is 0.864. The molecule has 0 bridgehead atoms. The summed E-state index contributed by atoms with van der Waals surface area (Å²) in [5.41, 5.74) is 0. The second-order valence-electron chi connectivity index (χ2n) is 2.15. The lowest BCUT2D eigenvalue weighted by molar-refractivity contribution is -0.119. The largest absolute Gasteiger partial charge is 0.511 e. The van der Waals surface area contributed by atoms with Crippen molar-refractivity contribution in [2.24, 2.45) is 0 Å². The molecule has 1 fully saturated rings. The molecule has 1 rings (SSSR count). The Kier molecular flexibility index (Phi) is 1.42. The number of rotatable bonds is 1. The Morgan fingerprint density at radius 2 is 2.56 bits per heavy atom. The lowest BCUT2D eigenvalue weighted by atomic mass is 10.2. The topological polar surface area (TPSA) is 49.3 Å². The number of aliphatic hydroxyl groups excluding tert-OH is 1. The van der Waals surface area contributed by atoms with E-state index in [1.54, 1.807) is 0 Å². The smallest absolute Gasteiger partial charge is 0.220 e. The van der Waals surface area contributed by atoms with E-state index in [0.717, 1.165) is 0 Å². The molecule has 0 aromatic carbocycles. The van der Waals surface area contributed by atoms with Gasteiger partial charge in [-0.3, -0.25) is 4.79 Å². The van der Waals surface area contributed by atoms with Crippen LogP contribution in [0.3, 0.4) is 0 Å². The zero-order valence-corrected chi connectivity index (χ0v) is 5.05. The van der Waals surface area contributed by atoms with Crippen molar-refractivity contribution >= 4 is 5.91 Å². The van der Waals surface area contributed by atoms with Crippen LogP contribution in [-0.4, -0.2) is 17.1 Å². The first kappa shape index (κ1) is 6.13. The molecule has 1 unspecified atom stereocenters. The molecule has 3 heteroatoms. The summed E-state index contributed by atoms with van der Waals surface area (Å²) >= 11 is 0. The molecule has 1 atom stereocenters. The van der Waals surface area contributed by atoms with E-state index in [4.69, 9.17) is 5.11 Å². The highest BCUT2D eigenvalue weighted by Crippen LogP contribution is 2.10. The average Bonchev–Trinajstić information content (AvgIpc) is 2.14. The second-order valence-corrected chi connectivity index (χ2v) is 2.15. The molecule has 0 aliphatic carbocycles. The number of hydrogen-bond donors (Lipinski definition) is 2. The highest BCUT2D eigenvalue weighted by molar-refractivity contribution is 5.78. The van der Waals surface area contributed by atoms with Crippen molar-refractivity contribution < 1.29 is 9.90 Å². The minimum atomic E-state index is -0.197. The summed E-state index contributed by atoms with van der Waals surface area (Å²) in [5, 5.41) is 11.3. The van der Waals surface area contributed by atoms with Gasteiger partial charge < -0.3 is 10.4 Å². The summed E-state index contributed by atoms with van der Waals surface area (Å²) in [6.07, 6.45) is 1.18. The van der Waals surface area contributed by atoms with Crippen LogP contribution in [0.15, 0.2) is 12.3 Å². The minimum absolute atomic E-state index is 0.00444. The lowest BCUT2D eigenvalue weighted by Gasteiger charge is -2.05. The van der Waals surface area contributed by atoms with E-state index in [-0.39, 0.29) is 17.7 Å². The summed E-state index contributed by atoms with van der Waals surface area (Å²) in [4.78, 5) is 10.5. The van der Waals surface area contributed by atoms with Gasteiger partial charge in [0.2, 0.25) is 5.91 Å². The van der Waals surface area contributed by atoms with Gasteiger partial charge >= 0.3 is 0 Å². The van der Waals surface area contributed by atoms with Gasteiger partial charge in [0.25, 0.3) is 0 Å². The van der Waals surface area contributed by atoms with E-state index in [1.165, 1.54) is 0 Å². The summed E-state index contributed by atoms with van der Waals surface area (Å²) < 4.78 is 0. The molecule has 1 saturated heterocycles. The molecule has 9 heavy (non-hydrogen) atoms. The first-order chi connectivity index (χ1) is 4.20. The van der Waals surface area contributed by atoms with Crippen LogP contribution in [0.4, 0.5) is 0 Å². The van der Waals surface area contributed by atoms with Gasteiger partial charge in [-0.1, -0.05) is 6.58 Å². The molecular formula is C6H9NO2. The highest BCUT2D eigenvalue weighted by atomic mass is 16.3. The number of amides is 1. The molecular weight excluding hydrogens is 118 g/mol. The normalized spacial score (nSPS) is 25.8. The van der Waals surface area contributed by atoms with Crippen molar-refractivity contribution in [3.05, 3.63) is 12.3 Å². The third-order valence-electron chi connectivity index (χ3n) is 1.40.